The molecule has 2 aliphatic carbocycles. The maximum atomic E-state index is 12.1. The van der Waals surface area contributed by atoms with E-state index in [9.17, 15) is 9.90 Å². The number of carbonyl (C=O) groups is 1. The van der Waals surface area contributed by atoms with E-state index in [1.54, 1.807) is 0 Å². The number of carbonyl (C=O) groups excluding carboxylic acids is 1. The fourth-order valence-electron chi connectivity index (χ4n) is 3.69. The second kappa shape index (κ2) is 7.25. The number of amides is 1. The molecular weight excluding hydrogens is 240 g/mol. The number of hydrogen-bond acceptors (Lipinski definition) is 3. The molecule has 19 heavy (non-hydrogen) atoms. The van der Waals surface area contributed by atoms with Gasteiger partial charge in [0.2, 0.25) is 5.91 Å². The predicted octanol–water partition coefficient (Wildman–Crippen LogP) is 1.42. The Hall–Kier alpha value is -0.610. The van der Waals surface area contributed by atoms with Crippen LogP contribution >= 0.6 is 0 Å². The van der Waals surface area contributed by atoms with Crippen molar-refractivity contribution in [1.82, 2.24) is 5.32 Å². The standard InChI is InChI=1S/C15H28N2O2/c16-9-12-7-4-8-13(12)15(19)17-10-14(18)11-5-2-1-3-6-11/h11-14,18H,1-10,16H2,(H,17,19)/t12-,13-,14?/m1/s1. The lowest BCUT2D eigenvalue weighted by Gasteiger charge is -2.27. The highest BCUT2D eigenvalue weighted by atomic mass is 16.3. The van der Waals surface area contributed by atoms with Crippen molar-refractivity contribution in [2.45, 2.75) is 57.5 Å². The van der Waals surface area contributed by atoms with Crippen LogP contribution in [-0.2, 0) is 4.79 Å². The number of aliphatic hydroxyl groups is 1. The van der Waals surface area contributed by atoms with Crippen LogP contribution in [0.5, 0.6) is 0 Å². The molecule has 2 fully saturated rings. The summed E-state index contributed by atoms with van der Waals surface area (Å²) in [6.45, 7) is 1.01. The van der Waals surface area contributed by atoms with Gasteiger partial charge in [-0.1, -0.05) is 25.7 Å². The lowest BCUT2D eigenvalue weighted by Crippen LogP contribution is -2.41. The van der Waals surface area contributed by atoms with Gasteiger partial charge in [0.25, 0.3) is 0 Å². The minimum Gasteiger partial charge on any atom is -0.391 e. The molecule has 2 rings (SSSR count). The molecule has 1 unspecified atom stereocenters. The van der Waals surface area contributed by atoms with Gasteiger partial charge in [0, 0.05) is 12.5 Å². The lowest BCUT2D eigenvalue weighted by atomic mass is 9.85. The van der Waals surface area contributed by atoms with Crippen LogP contribution in [0.15, 0.2) is 0 Å². The van der Waals surface area contributed by atoms with Gasteiger partial charge < -0.3 is 16.2 Å². The van der Waals surface area contributed by atoms with Gasteiger partial charge >= 0.3 is 0 Å². The summed E-state index contributed by atoms with van der Waals surface area (Å²) in [6.07, 6.45) is 8.68. The highest BCUT2D eigenvalue weighted by Gasteiger charge is 2.32. The second-order valence-electron chi connectivity index (χ2n) is 6.24. The molecule has 3 atom stereocenters. The highest BCUT2D eigenvalue weighted by molar-refractivity contribution is 5.79. The van der Waals surface area contributed by atoms with E-state index in [1.165, 1.54) is 19.3 Å². The summed E-state index contributed by atoms with van der Waals surface area (Å²) >= 11 is 0. The van der Waals surface area contributed by atoms with Crippen LogP contribution in [0.25, 0.3) is 0 Å². The molecule has 0 bridgehead atoms. The zero-order valence-electron chi connectivity index (χ0n) is 11.8. The Kier molecular flexibility index (Phi) is 5.64. The number of aliphatic hydroxyl groups excluding tert-OH is 1. The Morgan fingerprint density at radius 2 is 1.89 bits per heavy atom. The van der Waals surface area contributed by atoms with E-state index >= 15 is 0 Å². The smallest absolute Gasteiger partial charge is 0.223 e. The first-order chi connectivity index (χ1) is 9.22. The number of rotatable bonds is 5. The Labute approximate surface area is 116 Å². The van der Waals surface area contributed by atoms with Crippen molar-refractivity contribution in [2.75, 3.05) is 13.1 Å². The van der Waals surface area contributed by atoms with Gasteiger partial charge in [-0.3, -0.25) is 4.79 Å². The molecule has 110 valence electrons. The van der Waals surface area contributed by atoms with E-state index in [2.05, 4.69) is 5.32 Å². The molecule has 0 radical (unpaired) electrons. The fraction of sp³-hybridized carbons (Fsp3) is 0.933. The average molecular weight is 268 g/mol. The first kappa shape index (κ1) is 14.8. The molecule has 0 spiro atoms. The number of nitrogens with two attached hydrogens (primary N) is 1. The highest BCUT2D eigenvalue weighted by Crippen LogP contribution is 2.31. The normalized spacial score (nSPS) is 30.2. The molecule has 1 amide bonds. The van der Waals surface area contributed by atoms with E-state index in [-0.39, 0.29) is 17.9 Å². The van der Waals surface area contributed by atoms with Crippen LogP contribution in [0.3, 0.4) is 0 Å². The van der Waals surface area contributed by atoms with E-state index in [0.29, 0.717) is 24.9 Å². The van der Waals surface area contributed by atoms with E-state index in [0.717, 1.165) is 32.1 Å². The third-order valence-corrected chi connectivity index (χ3v) is 4.98. The van der Waals surface area contributed by atoms with Crippen LogP contribution in [0, 0.1) is 17.8 Å². The van der Waals surface area contributed by atoms with Gasteiger partial charge in [-0.05, 0) is 44.1 Å². The Morgan fingerprint density at radius 1 is 1.16 bits per heavy atom. The van der Waals surface area contributed by atoms with Crippen molar-refractivity contribution in [3.8, 4) is 0 Å². The fourth-order valence-corrected chi connectivity index (χ4v) is 3.69. The molecule has 4 heteroatoms. The van der Waals surface area contributed by atoms with Gasteiger partial charge in [0.05, 0.1) is 6.10 Å². The molecule has 0 aliphatic heterocycles. The third-order valence-electron chi connectivity index (χ3n) is 4.98. The molecule has 0 aromatic heterocycles. The lowest BCUT2D eigenvalue weighted by molar-refractivity contribution is -0.126. The van der Waals surface area contributed by atoms with Crippen LogP contribution in [0.4, 0.5) is 0 Å². The van der Waals surface area contributed by atoms with Crippen molar-refractivity contribution in [1.29, 1.82) is 0 Å². The molecule has 4 N–H and O–H groups in total. The minimum absolute atomic E-state index is 0.0727. The van der Waals surface area contributed by atoms with E-state index in [1.807, 2.05) is 0 Å². The maximum absolute atomic E-state index is 12.1. The maximum Gasteiger partial charge on any atom is 0.223 e. The molecule has 0 saturated heterocycles. The molecule has 4 nitrogen and oxygen atoms in total. The van der Waals surface area contributed by atoms with Crippen molar-refractivity contribution >= 4 is 5.91 Å². The van der Waals surface area contributed by atoms with Crippen molar-refractivity contribution in [3.05, 3.63) is 0 Å². The largest absolute Gasteiger partial charge is 0.391 e. The summed E-state index contributed by atoms with van der Waals surface area (Å²) in [5.41, 5.74) is 5.71. The van der Waals surface area contributed by atoms with Gasteiger partial charge in [0.15, 0.2) is 0 Å². The molecule has 2 saturated carbocycles. The van der Waals surface area contributed by atoms with Crippen LogP contribution < -0.4 is 11.1 Å². The first-order valence-corrected chi connectivity index (χ1v) is 7.88. The predicted molar refractivity (Wildman–Crippen MR) is 75.5 cm³/mol. The Morgan fingerprint density at radius 3 is 2.58 bits per heavy atom. The first-order valence-electron chi connectivity index (χ1n) is 7.88. The monoisotopic (exact) mass is 268 g/mol. The average Bonchev–Trinajstić information content (AvgIpc) is 2.93. The van der Waals surface area contributed by atoms with Crippen molar-refractivity contribution in [2.24, 2.45) is 23.5 Å². The zero-order valence-corrected chi connectivity index (χ0v) is 11.8. The van der Waals surface area contributed by atoms with Crippen LogP contribution in [0.2, 0.25) is 0 Å². The molecule has 0 aromatic carbocycles. The number of nitrogens with one attached hydrogen (secondary N) is 1. The van der Waals surface area contributed by atoms with Crippen molar-refractivity contribution < 1.29 is 9.90 Å². The summed E-state index contributed by atoms with van der Waals surface area (Å²) in [4.78, 5) is 12.1. The van der Waals surface area contributed by atoms with Crippen LogP contribution in [-0.4, -0.2) is 30.2 Å². The topological polar surface area (TPSA) is 75.4 Å². The second-order valence-corrected chi connectivity index (χ2v) is 6.24. The Balaban J connectivity index is 1.73. The summed E-state index contributed by atoms with van der Waals surface area (Å²) < 4.78 is 0. The van der Waals surface area contributed by atoms with Gasteiger partial charge in [-0.25, -0.2) is 0 Å². The summed E-state index contributed by atoms with van der Waals surface area (Å²) in [5, 5.41) is 13.1. The SMILES string of the molecule is NC[C@H]1CCC[C@H]1C(=O)NCC(O)C1CCCCC1. The van der Waals surface area contributed by atoms with Gasteiger partial charge in [-0.15, -0.1) is 0 Å². The quantitative estimate of drug-likeness (QED) is 0.706. The van der Waals surface area contributed by atoms with Crippen molar-refractivity contribution in [3.63, 3.8) is 0 Å². The zero-order chi connectivity index (χ0) is 13.7. The van der Waals surface area contributed by atoms with Gasteiger partial charge in [0.1, 0.15) is 0 Å². The van der Waals surface area contributed by atoms with Gasteiger partial charge in [-0.2, -0.15) is 0 Å². The van der Waals surface area contributed by atoms with E-state index < -0.39 is 0 Å². The summed E-state index contributed by atoms with van der Waals surface area (Å²) in [6, 6.07) is 0. The third kappa shape index (κ3) is 3.93. The molecular formula is C15H28N2O2. The molecule has 2 aliphatic rings. The number of hydrogen-bond donors (Lipinski definition) is 3. The summed E-state index contributed by atoms with van der Waals surface area (Å²) in [5.74, 6) is 0.890. The van der Waals surface area contributed by atoms with E-state index in [4.69, 9.17) is 5.73 Å². The minimum atomic E-state index is -0.373. The Bertz CT molecular complexity index is 290. The molecule has 0 aromatic rings. The van der Waals surface area contributed by atoms with Crippen LogP contribution in [0.1, 0.15) is 51.4 Å². The molecule has 0 heterocycles. The summed E-state index contributed by atoms with van der Waals surface area (Å²) in [7, 11) is 0.